The van der Waals surface area contributed by atoms with E-state index in [4.69, 9.17) is 27.9 Å². The van der Waals surface area contributed by atoms with Crippen molar-refractivity contribution < 1.29 is 13.5 Å². The second-order valence-corrected chi connectivity index (χ2v) is 6.51. The molecule has 140 valence electrons. The molecular weight excluding hydrogens is 411 g/mol. The summed E-state index contributed by atoms with van der Waals surface area (Å²) in [4.78, 5) is 16.2. The van der Waals surface area contributed by atoms with Gasteiger partial charge in [0.1, 0.15) is 12.1 Å². The summed E-state index contributed by atoms with van der Waals surface area (Å²) in [5.74, 6) is -1.75. The Labute approximate surface area is 166 Å². The highest BCUT2D eigenvalue weighted by Gasteiger charge is 2.17. The second kappa shape index (κ2) is 7.18. The zero-order chi connectivity index (χ0) is 19.8. The average molecular weight is 420 g/mol. The third kappa shape index (κ3) is 3.30. The second-order valence-electron chi connectivity index (χ2n) is 5.70. The van der Waals surface area contributed by atoms with Crippen LogP contribution in [0.15, 0.2) is 59.7 Å². The van der Waals surface area contributed by atoms with Crippen LogP contribution in [-0.4, -0.2) is 14.6 Å². The van der Waals surface area contributed by atoms with Crippen LogP contribution in [0.25, 0.3) is 16.6 Å². The number of hydrogen-bond donors (Lipinski definition) is 0. The predicted octanol–water partition coefficient (Wildman–Crippen LogP) is 5.13. The number of nitrogens with zero attached hydrogens (tertiary/aromatic N) is 3. The number of hydrogen-bond acceptors (Lipinski definition) is 4. The molecule has 0 unspecified atom stereocenters. The molecule has 0 bridgehead atoms. The van der Waals surface area contributed by atoms with Crippen LogP contribution in [0.2, 0.25) is 10.0 Å². The lowest BCUT2D eigenvalue weighted by Crippen LogP contribution is -2.14. The molecule has 0 atom stereocenters. The van der Waals surface area contributed by atoms with Gasteiger partial charge in [0.15, 0.2) is 11.6 Å². The maximum atomic E-state index is 13.8. The predicted molar refractivity (Wildman–Crippen MR) is 101 cm³/mol. The van der Waals surface area contributed by atoms with Crippen LogP contribution in [0.5, 0.6) is 11.6 Å². The van der Waals surface area contributed by atoms with E-state index in [9.17, 15) is 13.6 Å². The number of ether oxygens (including phenoxy) is 1. The molecule has 2 aromatic heterocycles. The lowest BCUT2D eigenvalue weighted by Gasteiger charge is -2.11. The summed E-state index contributed by atoms with van der Waals surface area (Å²) in [6, 6.07) is 10.6. The zero-order valence-electron chi connectivity index (χ0n) is 13.9. The molecular formula is C19H9Cl2F2N3O2. The SMILES string of the molecule is O=c1ncn2nc(Oc3cc(F)ccc3F)ccc2c1-c1c(Cl)cccc1Cl. The fraction of sp³-hybridized carbons (Fsp3) is 0. The first-order valence-corrected chi connectivity index (χ1v) is 8.65. The molecule has 2 aromatic carbocycles. The number of benzene rings is 2. The van der Waals surface area contributed by atoms with E-state index in [2.05, 4.69) is 10.1 Å². The van der Waals surface area contributed by atoms with Crippen LogP contribution in [0, 0.1) is 11.6 Å². The maximum Gasteiger partial charge on any atom is 0.281 e. The molecule has 0 aliphatic rings. The first kappa shape index (κ1) is 18.3. The van der Waals surface area contributed by atoms with E-state index >= 15 is 0 Å². The van der Waals surface area contributed by atoms with Gasteiger partial charge in [0.2, 0.25) is 5.88 Å². The van der Waals surface area contributed by atoms with E-state index in [1.54, 1.807) is 18.2 Å². The van der Waals surface area contributed by atoms with Crippen molar-refractivity contribution in [3.8, 4) is 22.8 Å². The Morgan fingerprint density at radius 1 is 0.964 bits per heavy atom. The van der Waals surface area contributed by atoms with E-state index in [1.165, 1.54) is 23.0 Å². The normalized spacial score (nSPS) is 11.0. The molecule has 0 fully saturated rings. The molecule has 0 saturated heterocycles. The van der Waals surface area contributed by atoms with Gasteiger partial charge in [-0.3, -0.25) is 4.79 Å². The fourth-order valence-corrected chi connectivity index (χ4v) is 3.27. The largest absolute Gasteiger partial charge is 0.434 e. The van der Waals surface area contributed by atoms with Gasteiger partial charge in [0.25, 0.3) is 5.56 Å². The Kier molecular flexibility index (Phi) is 4.70. The van der Waals surface area contributed by atoms with Crippen LogP contribution in [0.3, 0.4) is 0 Å². The Morgan fingerprint density at radius 2 is 1.71 bits per heavy atom. The molecule has 0 amide bonds. The lowest BCUT2D eigenvalue weighted by molar-refractivity contribution is 0.415. The van der Waals surface area contributed by atoms with Crippen LogP contribution >= 0.6 is 23.2 Å². The van der Waals surface area contributed by atoms with Gasteiger partial charge < -0.3 is 4.74 Å². The van der Waals surface area contributed by atoms with Gasteiger partial charge >= 0.3 is 0 Å². The van der Waals surface area contributed by atoms with Crippen molar-refractivity contribution in [2.45, 2.75) is 0 Å². The monoisotopic (exact) mass is 419 g/mol. The summed E-state index contributed by atoms with van der Waals surface area (Å²) in [5.41, 5.74) is 0.311. The molecule has 4 rings (SSSR count). The maximum absolute atomic E-state index is 13.8. The molecule has 0 saturated carbocycles. The van der Waals surface area contributed by atoms with Crippen molar-refractivity contribution in [1.82, 2.24) is 14.6 Å². The van der Waals surface area contributed by atoms with Crippen LogP contribution in [-0.2, 0) is 0 Å². The third-order valence-electron chi connectivity index (χ3n) is 3.91. The molecule has 5 nitrogen and oxygen atoms in total. The number of aromatic nitrogens is 3. The van der Waals surface area contributed by atoms with Crippen molar-refractivity contribution in [3.05, 3.63) is 86.9 Å². The molecule has 0 radical (unpaired) electrons. The minimum atomic E-state index is -0.745. The fourth-order valence-electron chi connectivity index (χ4n) is 2.68. The molecule has 28 heavy (non-hydrogen) atoms. The van der Waals surface area contributed by atoms with Crippen LogP contribution in [0.1, 0.15) is 0 Å². The van der Waals surface area contributed by atoms with Gasteiger partial charge in [0.05, 0.1) is 21.1 Å². The van der Waals surface area contributed by atoms with Crippen LogP contribution < -0.4 is 10.3 Å². The lowest BCUT2D eigenvalue weighted by atomic mass is 10.1. The summed E-state index contributed by atoms with van der Waals surface area (Å²) in [7, 11) is 0. The van der Waals surface area contributed by atoms with Gasteiger partial charge in [-0.05, 0) is 30.3 Å². The van der Waals surface area contributed by atoms with E-state index < -0.39 is 17.2 Å². The van der Waals surface area contributed by atoms with Crippen molar-refractivity contribution in [2.75, 3.05) is 0 Å². The van der Waals surface area contributed by atoms with Crippen LogP contribution in [0.4, 0.5) is 8.78 Å². The third-order valence-corrected chi connectivity index (χ3v) is 4.54. The first-order valence-electron chi connectivity index (χ1n) is 7.90. The van der Waals surface area contributed by atoms with E-state index in [-0.39, 0.29) is 27.2 Å². The highest BCUT2D eigenvalue weighted by molar-refractivity contribution is 6.39. The Morgan fingerprint density at radius 3 is 2.46 bits per heavy atom. The Hall–Kier alpha value is -3.03. The molecule has 2 heterocycles. The van der Waals surface area contributed by atoms with Crippen molar-refractivity contribution in [2.24, 2.45) is 0 Å². The minimum Gasteiger partial charge on any atom is -0.434 e. The van der Waals surface area contributed by atoms with Crippen molar-refractivity contribution in [3.63, 3.8) is 0 Å². The molecule has 4 aromatic rings. The smallest absolute Gasteiger partial charge is 0.281 e. The standard InChI is InChI=1S/C19H9Cl2F2N3O2/c20-11-2-1-3-12(21)17(11)18-14-6-7-16(25-26(14)9-24-19(18)27)28-15-8-10(22)4-5-13(15)23/h1-9H. The highest BCUT2D eigenvalue weighted by Crippen LogP contribution is 2.35. The highest BCUT2D eigenvalue weighted by atomic mass is 35.5. The number of fused-ring (bicyclic) bond motifs is 1. The number of halogens is 4. The van der Waals surface area contributed by atoms with E-state index in [1.807, 2.05) is 0 Å². The first-order chi connectivity index (χ1) is 13.4. The molecule has 0 aliphatic carbocycles. The van der Waals surface area contributed by atoms with Gasteiger partial charge in [-0.2, -0.15) is 4.98 Å². The van der Waals surface area contributed by atoms with E-state index in [0.717, 1.165) is 18.2 Å². The Balaban J connectivity index is 1.86. The zero-order valence-corrected chi connectivity index (χ0v) is 15.4. The molecule has 0 N–H and O–H groups in total. The summed E-state index contributed by atoms with van der Waals surface area (Å²) in [5, 5.41) is 4.70. The van der Waals surface area contributed by atoms with E-state index in [0.29, 0.717) is 11.1 Å². The van der Waals surface area contributed by atoms with Gasteiger partial charge in [-0.25, -0.2) is 13.3 Å². The summed E-state index contributed by atoms with van der Waals surface area (Å²) < 4.78 is 33.7. The van der Waals surface area contributed by atoms with Crippen molar-refractivity contribution in [1.29, 1.82) is 0 Å². The van der Waals surface area contributed by atoms with Crippen molar-refractivity contribution >= 4 is 28.7 Å². The van der Waals surface area contributed by atoms with Gasteiger partial charge in [-0.1, -0.05) is 29.3 Å². The van der Waals surface area contributed by atoms with Gasteiger partial charge in [0, 0.05) is 17.7 Å². The quantitative estimate of drug-likeness (QED) is 0.461. The summed E-state index contributed by atoms with van der Waals surface area (Å²) in [6.07, 6.45) is 1.18. The molecule has 9 heteroatoms. The molecule has 0 spiro atoms. The average Bonchev–Trinajstić information content (AvgIpc) is 2.66. The minimum absolute atomic E-state index is 0.0290. The summed E-state index contributed by atoms with van der Waals surface area (Å²) in [6.45, 7) is 0. The molecule has 0 aliphatic heterocycles. The van der Waals surface area contributed by atoms with Gasteiger partial charge in [-0.15, -0.1) is 5.10 Å². The topological polar surface area (TPSA) is 56.5 Å². The summed E-state index contributed by atoms with van der Waals surface area (Å²) >= 11 is 12.4. The Bertz CT molecular complexity index is 1260. The number of rotatable bonds is 3.